The quantitative estimate of drug-likeness (QED) is 0.388. The monoisotopic (exact) mass is 190 g/mol. The first-order chi connectivity index (χ1) is 4.62. The zero-order valence-electron chi connectivity index (χ0n) is 5.65. The summed E-state index contributed by atoms with van der Waals surface area (Å²) in [7, 11) is -3.62. The molecule has 0 saturated carbocycles. The van der Waals surface area contributed by atoms with Gasteiger partial charge in [-0.2, -0.15) is 8.42 Å². The standard InChI is InChI=1S/C5H10O4S.Na.H/c1-2-4-9-10(7,8)5-3-6;;/h3,5-6H,2,4H2,1H3;;. The molecule has 0 unspecified atom stereocenters. The van der Waals surface area contributed by atoms with Crippen LogP contribution in [0.3, 0.4) is 0 Å². The molecule has 62 valence electrons. The summed E-state index contributed by atoms with van der Waals surface area (Å²) in [5, 5.41) is 8.66. The van der Waals surface area contributed by atoms with Gasteiger partial charge in [0, 0.05) is 0 Å². The third-order valence-corrected chi connectivity index (χ3v) is 1.63. The Morgan fingerprint density at radius 1 is 1.55 bits per heavy atom. The van der Waals surface area contributed by atoms with Gasteiger partial charge in [0.1, 0.15) is 0 Å². The van der Waals surface area contributed by atoms with Gasteiger partial charge in [0.2, 0.25) is 0 Å². The molecule has 0 aromatic rings. The molecule has 1 N–H and O–H groups in total. The van der Waals surface area contributed by atoms with Gasteiger partial charge in [-0.1, -0.05) is 6.92 Å². The van der Waals surface area contributed by atoms with Crippen LogP contribution >= 0.6 is 0 Å². The molecule has 0 atom stereocenters. The molecular weight excluding hydrogens is 179 g/mol. The molecule has 11 heavy (non-hydrogen) atoms. The van der Waals surface area contributed by atoms with Crippen LogP contribution in [0.25, 0.3) is 0 Å². The van der Waals surface area contributed by atoms with Crippen LogP contribution in [0.1, 0.15) is 13.3 Å². The Balaban J connectivity index is 0. The van der Waals surface area contributed by atoms with E-state index in [2.05, 4.69) is 4.18 Å². The zero-order valence-corrected chi connectivity index (χ0v) is 6.47. The van der Waals surface area contributed by atoms with Crippen molar-refractivity contribution in [2.24, 2.45) is 0 Å². The average molecular weight is 190 g/mol. The van der Waals surface area contributed by atoms with Crippen LogP contribution in [0.4, 0.5) is 0 Å². The van der Waals surface area contributed by atoms with E-state index in [9.17, 15) is 8.42 Å². The Kier molecular flexibility index (Phi) is 9.06. The topological polar surface area (TPSA) is 63.6 Å². The molecule has 0 aliphatic carbocycles. The van der Waals surface area contributed by atoms with Gasteiger partial charge in [-0.05, 0) is 6.42 Å². The van der Waals surface area contributed by atoms with Crippen LogP contribution in [0.2, 0.25) is 0 Å². The second-order valence-electron chi connectivity index (χ2n) is 1.60. The Morgan fingerprint density at radius 3 is 2.45 bits per heavy atom. The molecule has 0 spiro atoms. The van der Waals surface area contributed by atoms with Crippen LogP contribution in [-0.4, -0.2) is 49.7 Å². The molecule has 0 aliphatic rings. The summed E-state index contributed by atoms with van der Waals surface area (Å²) >= 11 is 0. The molecule has 0 aromatic carbocycles. The van der Waals surface area contributed by atoms with Gasteiger partial charge >= 0.3 is 29.6 Å². The van der Waals surface area contributed by atoms with E-state index in [1.54, 1.807) is 6.92 Å². The number of rotatable bonds is 4. The SMILES string of the molecule is CCCOS(=O)(=O)C=CO.[NaH]. The van der Waals surface area contributed by atoms with Crippen molar-refractivity contribution >= 4 is 39.7 Å². The molecule has 0 radical (unpaired) electrons. The predicted octanol–water partition coefficient (Wildman–Crippen LogP) is 0.124. The van der Waals surface area contributed by atoms with E-state index >= 15 is 0 Å². The van der Waals surface area contributed by atoms with Crippen LogP contribution in [0.5, 0.6) is 0 Å². The Labute approximate surface area is 88.7 Å². The van der Waals surface area contributed by atoms with Gasteiger partial charge in [-0.25, -0.2) is 0 Å². The number of aliphatic hydroxyl groups excluding tert-OH is 1. The summed E-state index contributed by atoms with van der Waals surface area (Å²) in [4.78, 5) is 0. The fourth-order valence-corrected chi connectivity index (χ4v) is 0.940. The van der Waals surface area contributed by atoms with Gasteiger partial charge in [0.05, 0.1) is 18.3 Å². The second kappa shape index (κ2) is 7.12. The van der Waals surface area contributed by atoms with Crippen molar-refractivity contribution in [1.82, 2.24) is 0 Å². The first-order valence-corrected chi connectivity index (χ1v) is 4.29. The molecule has 0 aliphatic heterocycles. The van der Waals surface area contributed by atoms with Crippen LogP contribution in [0, 0.1) is 0 Å². The van der Waals surface area contributed by atoms with E-state index in [0.717, 1.165) is 0 Å². The summed E-state index contributed by atoms with van der Waals surface area (Å²) in [5.74, 6) is 0. The first-order valence-electron chi connectivity index (χ1n) is 2.82. The third-order valence-electron chi connectivity index (χ3n) is 0.679. The Hall–Kier alpha value is 0.450. The summed E-state index contributed by atoms with van der Waals surface area (Å²) in [6, 6.07) is 0. The van der Waals surface area contributed by atoms with Crippen molar-refractivity contribution in [3.05, 3.63) is 11.7 Å². The molecule has 6 heteroatoms. The number of hydrogen-bond acceptors (Lipinski definition) is 4. The van der Waals surface area contributed by atoms with Crippen molar-refractivity contribution in [2.75, 3.05) is 6.61 Å². The fraction of sp³-hybridized carbons (Fsp3) is 0.600. The fourth-order valence-electron chi connectivity index (χ4n) is 0.313. The molecule has 0 fully saturated rings. The molecule has 0 aromatic heterocycles. The van der Waals surface area contributed by atoms with E-state index in [1.165, 1.54) is 0 Å². The summed E-state index contributed by atoms with van der Waals surface area (Å²) in [5.41, 5.74) is 0. The van der Waals surface area contributed by atoms with Crippen LogP contribution in [0.15, 0.2) is 11.7 Å². The minimum absolute atomic E-state index is 0. The third kappa shape index (κ3) is 8.36. The van der Waals surface area contributed by atoms with E-state index < -0.39 is 10.1 Å². The molecule has 0 saturated heterocycles. The normalized spacial score (nSPS) is 11.4. The van der Waals surface area contributed by atoms with Crippen molar-refractivity contribution < 1.29 is 17.7 Å². The summed E-state index contributed by atoms with van der Waals surface area (Å²) in [6.07, 6.45) is 1.06. The maximum absolute atomic E-state index is 10.5. The van der Waals surface area contributed by atoms with Gasteiger partial charge in [0.25, 0.3) is 10.1 Å². The first kappa shape index (κ1) is 14.0. The maximum atomic E-state index is 10.5. The zero-order chi connectivity index (χ0) is 8.04. The van der Waals surface area contributed by atoms with E-state index in [1.807, 2.05) is 0 Å². The van der Waals surface area contributed by atoms with Crippen molar-refractivity contribution in [3.63, 3.8) is 0 Å². The minimum atomic E-state index is -3.62. The average Bonchev–Trinajstić information content (AvgIpc) is 1.84. The molecule has 4 nitrogen and oxygen atoms in total. The van der Waals surface area contributed by atoms with E-state index in [0.29, 0.717) is 18.1 Å². The molecule has 0 rings (SSSR count). The number of hydrogen-bond donors (Lipinski definition) is 1. The molecule has 0 heterocycles. The van der Waals surface area contributed by atoms with Gasteiger partial charge in [-0.15, -0.1) is 0 Å². The summed E-state index contributed by atoms with van der Waals surface area (Å²) < 4.78 is 25.4. The van der Waals surface area contributed by atoms with Crippen LogP contribution < -0.4 is 0 Å². The second-order valence-corrected chi connectivity index (χ2v) is 3.09. The molecule has 0 amide bonds. The number of aliphatic hydroxyl groups is 1. The van der Waals surface area contributed by atoms with Gasteiger partial charge < -0.3 is 5.11 Å². The van der Waals surface area contributed by atoms with Crippen molar-refractivity contribution in [2.45, 2.75) is 13.3 Å². The molecule has 0 bridgehead atoms. The van der Waals surface area contributed by atoms with E-state index in [-0.39, 0.29) is 36.2 Å². The Bertz CT molecular complexity index is 197. The predicted molar refractivity (Wildman–Crippen MR) is 44.1 cm³/mol. The van der Waals surface area contributed by atoms with Gasteiger partial charge in [0.15, 0.2) is 0 Å². The van der Waals surface area contributed by atoms with Crippen molar-refractivity contribution in [3.8, 4) is 0 Å². The van der Waals surface area contributed by atoms with Crippen molar-refractivity contribution in [1.29, 1.82) is 0 Å². The van der Waals surface area contributed by atoms with E-state index in [4.69, 9.17) is 5.11 Å². The van der Waals surface area contributed by atoms with Crippen LogP contribution in [-0.2, 0) is 14.3 Å². The Morgan fingerprint density at radius 2 is 2.09 bits per heavy atom. The molecular formula is C5H11NaO4S. The van der Waals surface area contributed by atoms with Gasteiger partial charge in [-0.3, -0.25) is 4.18 Å². The summed E-state index contributed by atoms with van der Waals surface area (Å²) in [6.45, 7) is 1.94.